The fraction of sp³-hybridized carbons (Fsp3) is 0.381. The molecule has 0 saturated carbocycles. The summed E-state index contributed by atoms with van der Waals surface area (Å²) in [6.07, 6.45) is 1.79. The Morgan fingerprint density at radius 3 is 2.41 bits per heavy atom. The van der Waals surface area contributed by atoms with Crippen LogP contribution >= 0.6 is 0 Å². The van der Waals surface area contributed by atoms with Gasteiger partial charge in [0.05, 0.1) is 12.0 Å². The second-order valence-corrected chi connectivity index (χ2v) is 8.89. The molecule has 0 atom stereocenters. The zero-order valence-electron chi connectivity index (χ0n) is 16.7. The van der Waals surface area contributed by atoms with Crippen molar-refractivity contribution < 1.29 is 22.7 Å². The van der Waals surface area contributed by atoms with Crippen LogP contribution in [0.2, 0.25) is 0 Å². The van der Waals surface area contributed by atoms with E-state index in [1.165, 1.54) is 10.4 Å². The number of amides is 1. The van der Waals surface area contributed by atoms with Crippen molar-refractivity contribution >= 4 is 15.9 Å². The predicted molar refractivity (Wildman–Crippen MR) is 110 cm³/mol. The molecule has 29 heavy (non-hydrogen) atoms. The largest absolute Gasteiger partial charge is 0.497 e. The molecule has 0 aliphatic carbocycles. The van der Waals surface area contributed by atoms with E-state index in [1.807, 2.05) is 24.3 Å². The summed E-state index contributed by atoms with van der Waals surface area (Å²) in [6.45, 7) is 3.14. The predicted octanol–water partition coefficient (Wildman–Crippen LogP) is 2.48. The molecule has 0 bridgehead atoms. The molecular formula is C21H26N2O5S. The number of hydrogen-bond donors (Lipinski definition) is 1. The number of rotatable bonds is 8. The van der Waals surface area contributed by atoms with Crippen molar-refractivity contribution in [1.29, 1.82) is 0 Å². The first kappa shape index (κ1) is 21.1. The molecule has 0 aromatic heterocycles. The van der Waals surface area contributed by atoms with Crippen molar-refractivity contribution in [3.63, 3.8) is 0 Å². The average molecular weight is 419 g/mol. The Balaban J connectivity index is 1.54. The number of carbonyl (C=O) groups is 1. The highest BCUT2D eigenvalue weighted by molar-refractivity contribution is 7.89. The van der Waals surface area contributed by atoms with E-state index in [-0.39, 0.29) is 17.4 Å². The van der Waals surface area contributed by atoms with Crippen LogP contribution in [0.1, 0.15) is 24.0 Å². The van der Waals surface area contributed by atoms with Crippen molar-refractivity contribution in [3.05, 3.63) is 53.6 Å². The SMILES string of the molecule is COc1ccc(CNC(=O)COc2ccc(S(=O)(=O)N3CCCC3)cc2C)cc1. The van der Waals surface area contributed by atoms with Gasteiger partial charge in [-0.05, 0) is 61.2 Å². The van der Waals surface area contributed by atoms with Crippen LogP contribution in [0.3, 0.4) is 0 Å². The third-order valence-electron chi connectivity index (χ3n) is 4.86. The van der Waals surface area contributed by atoms with Crippen molar-refractivity contribution in [1.82, 2.24) is 9.62 Å². The van der Waals surface area contributed by atoms with E-state index >= 15 is 0 Å². The maximum atomic E-state index is 12.6. The highest BCUT2D eigenvalue weighted by atomic mass is 32.2. The van der Waals surface area contributed by atoms with E-state index < -0.39 is 10.0 Å². The number of ether oxygens (including phenoxy) is 2. The minimum Gasteiger partial charge on any atom is -0.497 e. The molecule has 3 rings (SSSR count). The third-order valence-corrected chi connectivity index (χ3v) is 6.75. The molecule has 7 nitrogen and oxygen atoms in total. The first-order chi connectivity index (χ1) is 13.9. The molecule has 0 radical (unpaired) electrons. The topological polar surface area (TPSA) is 84.9 Å². The van der Waals surface area contributed by atoms with Gasteiger partial charge in [0.25, 0.3) is 5.91 Å². The van der Waals surface area contributed by atoms with Gasteiger partial charge in [-0.3, -0.25) is 4.79 Å². The Labute approximate surface area is 171 Å². The molecule has 1 aliphatic heterocycles. The van der Waals surface area contributed by atoms with Gasteiger partial charge in [-0.15, -0.1) is 0 Å². The molecule has 1 fully saturated rings. The van der Waals surface area contributed by atoms with Gasteiger partial charge >= 0.3 is 0 Å². The number of methoxy groups -OCH3 is 1. The first-order valence-corrected chi connectivity index (χ1v) is 11.0. The minimum absolute atomic E-state index is 0.144. The fourth-order valence-corrected chi connectivity index (χ4v) is 4.76. The van der Waals surface area contributed by atoms with Gasteiger partial charge < -0.3 is 14.8 Å². The first-order valence-electron chi connectivity index (χ1n) is 9.53. The Bertz CT molecular complexity index is 952. The van der Waals surface area contributed by atoms with Crippen LogP contribution in [-0.2, 0) is 21.4 Å². The zero-order chi connectivity index (χ0) is 20.9. The van der Waals surface area contributed by atoms with Crippen LogP contribution in [0.15, 0.2) is 47.4 Å². The van der Waals surface area contributed by atoms with Gasteiger partial charge in [-0.25, -0.2) is 8.42 Å². The molecule has 8 heteroatoms. The van der Waals surface area contributed by atoms with Gasteiger partial charge in [-0.1, -0.05) is 12.1 Å². The smallest absolute Gasteiger partial charge is 0.258 e. The Morgan fingerprint density at radius 1 is 1.10 bits per heavy atom. The summed E-state index contributed by atoms with van der Waals surface area (Å²) in [4.78, 5) is 12.3. The van der Waals surface area contributed by atoms with Gasteiger partial charge in [0.15, 0.2) is 6.61 Å². The lowest BCUT2D eigenvalue weighted by atomic mass is 10.2. The van der Waals surface area contributed by atoms with Gasteiger partial charge in [0.1, 0.15) is 11.5 Å². The highest BCUT2D eigenvalue weighted by Gasteiger charge is 2.27. The highest BCUT2D eigenvalue weighted by Crippen LogP contribution is 2.26. The summed E-state index contributed by atoms with van der Waals surface area (Å²) in [6, 6.07) is 12.2. The summed E-state index contributed by atoms with van der Waals surface area (Å²) in [5, 5.41) is 2.79. The molecular weight excluding hydrogens is 392 g/mol. The average Bonchev–Trinajstić information content (AvgIpc) is 3.27. The lowest BCUT2D eigenvalue weighted by Gasteiger charge is -2.17. The van der Waals surface area contributed by atoms with Crippen LogP contribution in [-0.4, -0.2) is 45.4 Å². The molecule has 1 amide bonds. The number of sulfonamides is 1. The number of benzene rings is 2. The van der Waals surface area contributed by atoms with E-state index in [9.17, 15) is 13.2 Å². The Morgan fingerprint density at radius 2 is 1.79 bits per heavy atom. The Kier molecular flexibility index (Phi) is 6.76. The molecule has 156 valence electrons. The van der Waals surface area contributed by atoms with Crippen LogP contribution in [0.5, 0.6) is 11.5 Å². The van der Waals surface area contributed by atoms with E-state index in [0.29, 0.717) is 30.9 Å². The second kappa shape index (κ2) is 9.28. The van der Waals surface area contributed by atoms with E-state index in [4.69, 9.17) is 9.47 Å². The lowest BCUT2D eigenvalue weighted by molar-refractivity contribution is -0.123. The second-order valence-electron chi connectivity index (χ2n) is 6.95. The number of carbonyl (C=O) groups excluding carboxylic acids is 1. The number of nitrogens with zero attached hydrogens (tertiary/aromatic N) is 1. The number of aryl methyl sites for hydroxylation is 1. The summed E-state index contributed by atoms with van der Waals surface area (Å²) in [7, 11) is -1.86. The molecule has 1 heterocycles. The number of nitrogens with one attached hydrogen (secondary N) is 1. The van der Waals surface area contributed by atoms with Crippen molar-refractivity contribution in [2.45, 2.75) is 31.2 Å². The van der Waals surface area contributed by atoms with Crippen molar-refractivity contribution in [2.75, 3.05) is 26.8 Å². The minimum atomic E-state index is -3.46. The summed E-state index contributed by atoms with van der Waals surface area (Å²) in [5.74, 6) is 0.994. The van der Waals surface area contributed by atoms with Crippen LogP contribution in [0, 0.1) is 6.92 Å². The zero-order valence-corrected chi connectivity index (χ0v) is 17.5. The lowest BCUT2D eigenvalue weighted by Crippen LogP contribution is -2.29. The maximum absolute atomic E-state index is 12.6. The van der Waals surface area contributed by atoms with Gasteiger partial charge in [-0.2, -0.15) is 4.31 Å². The van der Waals surface area contributed by atoms with E-state index in [2.05, 4.69) is 5.32 Å². The maximum Gasteiger partial charge on any atom is 0.258 e. The van der Waals surface area contributed by atoms with Crippen LogP contribution < -0.4 is 14.8 Å². The summed E-state index contributed by atoms with van der Waals surface area (Å²) < 4.78 is 37.5. The summed E-state index contributed by atoms with van der Waals surface area (Å²) >= 11 is 0. The van der Waals surface area contributed by atoms with Crippen LogP contribution in [0.25, 0.3) is 0 Å². The monoisotopic (exact) mass is 418 g/mol. The Hall–Kier alpha value is -2.58. The van der Waals surface area contributed by atoms with E-state index in [1.54, 1.807) is 26.2 Å². The van der Waals surface area contributed by atoms with Gasteiger partial charge in [0.2, 0.25) is 10.0 Å². The van der Waals surface area contributed by atoms with Crippen molar-refractivity contribution in [3.8, 4) is 11.5 Å². The molecule has 2 aromatic carbocycles. The summed E-state index contributed by atoms with van der Waals surface area (Å²) in [5.41, 5.74) is 1.63. The quantitative estimate of drug-likeness (QED) is 0.712. The normalized spacial score (nSPS) is 14.6. The fourth-order valence-electron chi connectivity index (χ4n) is 3.16. The molecule has 0 unspecified atom stereocenters. The molecule has 1 aliphatic rings. The number of hydrogen-bond acceptors (Lipinski definition) is 5. The molecule has 1 saturated heterocycles. The third kappa shape index (κ3) is 5.27. The molecule has 1 N–H and O–H groups in total. The standard InChI is InChI=1S/C21H26N2O5S/c1-16-13-19(29(25,26)23-11-3-4-12-23)9-10-20(16)28-15-21(24)22-14-17-5-7-18(27-2)8-6-17/h5-10,13H,3-4,11-12,14-15H2,1-2H3,(H,22,24). The molecule has 2 aromatic rings. The van der Waals surface area contributed by atoms with Crippen molar-refractivity contribution in [2.24, 2.45) is 0 Å². The molecule has 0 spiro atoms. The van der Waals surface area contributed by atoms with E-state index in [0.717, 1.165) is 24.2 Å². The van der Waals surface area contributed by atoms with Crippen LogP contribution in [0.4, 0.5) is 0 Å². The van der Waals surface area contributed by atoms with Gasteiger partial charge in [0, 0.05) is 19.6 Å².